The number of carbonyl (C=O) groups excluding carboxylic acids is 2. The van der Waals surface area contributed by atoms with E-state index in [4.69, 9.17) is 16.3 Å². The van der Waals surface area contributed by atoms with Crippen LogP contribution in [0.4, 0.5) is 8.78 Å². The molecule has 0 radical (unpaired) electrons. The maximum Gasteiger partial charge on any atom is 0.342 e. The van der Waals surface area contributed by atoms with Gasteiger partial charge in [-0.3, -0.25) is 4.79 Å². The second kappa shape index (κ2) is 8.30. The summed E-state index contributed by atoms with van der Waals surface area (Å²) in [5.74, 6) is -3.35. The normalized spacial score (nSPS) is 15.3. The minimum atomic E-state index is -0.947. The Hall–Kier alpha value is -3.19. The van der Waals surface area contributed by atoms with Crippen molar-refractivity contribution >= 4 is 40.0 Å². The molecule has 172 valence electrons. The van der Waals surface area contributed by atoms with Gasteiger partial charge in [-0.05, 0) is 37.6 Å². The van der Waals surface area contributed by atoms with E-state index in [1.165, 1.54) is 11.1 Å². The molecule has 0 spiro atoms. The van der Waals surface area contributed by atoms with E-state index in [0.29, 0.717) is 5.69 Å². The maximum atomic E-state index is 14.6. The van der Waals surface area contributed by atoms with E-state index in [1.54, 1.807) is 13.8 Å². The average Bonchev–Trinajstić information content (AvgIpc) is 3.08. The summed E-state index contributed by atoms with van der Waals surface area (Å²) >= 11 is 5.96. The van der Waals surface area contributed by atoms with Crippen molar-refractivity contribution in [1.29, 1.82) is 0 Å². The smallest absolute Gasteiger partial charge is 0.342 e. The van der Waals surface area contributed by atoms with Crippen LogP contribution in [0.5, 0.6) is 0 Å². The summed E-state index contributed by atoms with van der Waals surface area (Å²) in [6.07, 6.45) is 0.929. The molecule has 8 heteroatoms. The van der Waals surface area contributed by atoms with Gasteiger partial charge in [0.2, 0.25) is 0 Å². The molecule has 0 aliphatic carbocycles. The number of carbonyl (C=O) groups is 2. The second-order valence-electron chi connectivity index (χ2n) is 8.95. The predicted octanol–water partition coefficient (Wildman–Crippen LogP) is 5.83. The number of aromatic nitrogens is 1. The van der Waals surface area contributed by atoms with Gasteiger partial charge in [0, 0.05) is 29.1 Å². The first-order valence-electron chi connectivity index (χ1n) is 10.5. The lowest BCUT2D eigenvalue weighted by atomic mass is 9.81. The van der Waals surface area contributed by atoms with E-state index >= 15 is 0 Å². The molecule has 0 bridgehead atoms. The molecule has 33 heavy (non-hydrogen) atoms. The van der Waals surface area contributed by atoms with Crippen LogP contribution in [-0.2, 0) is 14.9 Å². The molecule has 3 aromatic rings. The van der Waals surface area contributed by atoms with Crippen molar-refractivity contribution in [1.82, 2.24) is 9.88 Å². The third-order valence-corrected chi connectivity index (χ3v) is 5.95. The topological polar surface area (TPSA) is 62.4 Å². The number of nitrogens with one attached hydrogen (secondary N) is 1. The van der Waals surface area contributed by atoms with Crippen LogP contribution in [0, 0.1) is 11.6 Å². The highest BCUT2D eigenvalue weighted by Gasteiger charge is 2.38. The van der Waals surface area contributed by atoms with Gasteiger partial charge in [0.25, 0.3) is 5.91 Å². The molecular weight excluding hydrogens is 450 g/mol. The summed E-state index contributed by atoms with van der Waals surface area (Å²) in [6, 6.07) is 9.31. The number of H-pyrrole nitrogens is 1. The fourth-order valence-corrected chi connectivity index (χ4v) is 4.48. The van der Waals surface area contributed by atoms with Gasteiger partial charge in [-0.25, -0.2) is 13.6 Å². The summed E-state index contributed by atoms with van der Waals surface area (Å²) in [7, 11) is 0. The monoisotopic (exact) mass is 472 g/mol. The molecule has 2 heterocycles. The number of hydrogen-bond acceptors (Lipinski definition) is 3. The third kappa shape index (κ3) is 4.02. The Morgan fingerprint density at radius 3 is 2.48 bits per heavy atom. The molecule has 0 saturated heterocycles. The van der Waals surface area contributed by atoms with Crippen LogP contribution in [0.15, 0.2) is 42.6 Å². The predicted molar refractivity (Wildman–Crippen MR) is 123 cm³/mol. The van der Waals surface area contributed by atoms with E-state index in [-0.39, 0.29) is 12.1 Å². The van der Waals surface area contributed by atoms with Crippen LogP contribution in [0.1, 0.15) is 49.3 Å². The number of amides is 1. The van der Waals surface area contributed by atoms with Crippen molar-refractivity contribution in [2.75, 3.05) is 6.54 Å². The Kier molecular flexibility index (Phi) is 5.78. The fourth-order valence-electron chi connectivity index (χ4n) is 4.25. The van der Waals surface area contributed by atoms with Crippen molar-refractivity contribution < 1.29 is 23.1 Å². The lowest BCUT2D eigenvalue weighted by Gasteiger charge is -2.30. The Bertz CT molecular complexity index is 1310. The zero-order valence-electron chi connectivity index (χ0n) is 18.6. The molecule has 0 saturated carbocycles. The van der Waals surface area contributed by atoms with E-state index < -0.39 is 45.6 Å². The standard InChI is InChI=1S/C25H23ClF2N2O3/c1-13(2)33-24(32)15-11-30(23(31)19-16(27)9-10-17(28)21(19)26)12-25(3,4)20-14-7-5-6-8-18(14)29-22(15)20/h5-11,13,29H,12H2,1-4H3. The third-order valence-electron chi connectivity index (χ3n) is 5.58. The van der Waals surface area contributed by atoms with Crippen LogP contribution in [0.25, 0.3) is 16.5 Å². The van der Waals surface area contributed by atoms with Gasteiger partial charge in [0.1, 0.15) is 11.6 Å². The van der Waals surface area contributed by atoms with E-state index in [9.17, 15) is 18.4 Å². The molecule has 4 rings (SSSR count). The zero-order chi connectivity index (χ0) is 24.1. The van der Waals surface area contributed by atoms with Crippen LogP contribution in [-0.4, -0.2) is 34.4 Å². The minimum Gasteiger partial charge on any atom is -0.459 e. The zero-order valence-corrected chi connectivity index (χ0v) is 19.4. The maximum absolute atomic E-state index is 14.6. The summed E-state index contributed by atoms with van der Waals surface area (Å²) < 4.78 is 34.0. The SMILES string of the molecule is CC(C)OC(=O)C1=CN(C(=O)c2c(F)ccc(F)c2Cl)CC(C)(C)c2c1[nH]c1ccccc21. The Morgan fingerprint density at radius 1 is 1.12 bits per heavy atom. The highest BCUT2D eigenvalue weighted by atomic mass is 35.5. The van der Waals surface area contributed by atoms with Crippen LogP contribution < -0.4 is 0 Å². The lowest BCUT2D eigenvalue weighted by molar-refractivity contribution is -0.140. The summed E-state index contributed by atoms with van der Waals surface area (Å²) in [5.41, 5.74) is 1.03. The first-order chi connectivity index (χ1) is 15.5. The minimum absolute atomic E-state index is 0.0887. The molecule has 1 aromatic heterocycles. The van der Waals surface area contributed by atoms with Gasteiger partial charge in [0.15, 0.2) is 0 Å². The molecule has 0 atom stereocenters. The average molecular weight is 473 g/mol. The number of para-hydroxylation sites is 1. The van der Waals surface area contributed by atoms with Crippen molar-refractivity contribution in [2.45, 2.75) is 39.2 Å². The van der Waals surface area contributed by atoms with Gasteiger partial charge >= 0.3 is 5.97 Å². The highest BCUT2D eigenvalue weighted by Crippen LogP contribution is 2.41. The summed E-state index contributed by atoms with van der Waals surface area (Å²) in [4.78, 5) is 31.0. The molecule has 1 aliphatic heterocycles. The molecule has 1 aliphatic rings. The second-order valence-corrected chi connectivity index (χ2v) is 9.33. The van der Waals surface area contributed by atoms with Gasteiger partial charge in [-0.15, -0.1) is 0 Å². The number of fused-ring (bicyclic) bond motifs is 3. The van der Waals surface area contributed by atoms with Gasteiger partial charge in [-0.2, -0.15) is 0 Å². The number of esters is 1. The molecule has 0 unspecified atom stereocenters. The summed E-state index contributed by atoms with van der Waals surface area (Å²) in [5, 5.41) is 0.288. The highest BCUT2D eigenvalue weighted by molar-refractivity contribution is 6.34. The lowest BCUT2D eigenvalue weighted by Crippen LogP contribution is -2.37. The van der Waals surface area contributed by atoms with Gasteiger partial charge in [0.05, 0.1) is 28.0 Å². The molecule has 0 fully saturated rings. The Labute approximate surface area is 195 Å². The fraction of sp³-hybridized carbons (Fsp3) is 0.280. The number of rotatable bonds is 3. The summed E-state index contributed by atoms with van der Waals surface area (Å²) in [6.45, 7) is 7.36. The van der Waals surface area contributed by atoms with E-state index in [0.717, 1.165) is 28.6 Å². The van der Waals surface area contributed by atoms with Crippen LogP contribution in [0.2, 0.25) is 5.02 Å². The quantitative estimate of drug-likeness (QED) is 0.385. The molecule has 1 N–H and O–H groups in total. The van der Waals surface area contributed by atoms with E-state index in [1.807, 2.05) is 38.1 Å². The van der Waals surface area contributed by atoms with Crippen LogP contribution >= 0.6 is 11.6 Å². The largest absolute Gasteiger partial charge is 0.459 e. The Balaban J connectivity index is 1.93. The van der Waals surface area contributed by atoms with Gasteiger partial charge < -0.3 is 14.6 Å². The molecule has 5 nitrogen and oxygen atoms in total. The van der Waals surface area contributed by atoms with Gasteiger partial charge in [-0.1, -0.05) is 43.6 Å². The molecular formula is C25H23ClF2N2O3. The number of aromatic amines is 1. The van der Waals surface area contributed by atoms with Crippen molar-refractivity contribution in [2.24, 2.45) is 0 Å². The van der Waals surface area contributed by atoms with Crippen molar-refractivity contribution in [3.05, 3.63) is 76.1 Å². The number of halogens is 3. The molecule has 2 aromatic carbocycles. The van der Waals surface area contributed by atoms with E-state index in [2.05, 4.69) is 4.98 Å². The van der Waals surface area contributed by atoms with Crippen molar-refractivity contribution in [3.63, 3.8) is 0 Å². The van der Waals surface area contributed by atoms with Crippen molar-refractivity contribution in [3.8, 4) is 0 Å². The van der Waals surface area contributed by atoms with Crippen LogP contribution in [0.3, 0.4) is 0 Å². The molecule has 1 amide bonds. The number of nitrogens with zero attached hydrogens (tertiary/aromatic N) is 1. The Morgan fingerprint density at radius 2 is 1.79 bits per heavy atom. The first-order valence-corrected chi connectivity index (χ1v) is 10.9. The first kappa shape index (κ1) is 23.0. The number of hydrogen-bond donors (Lipinski definition) is 1. The number of ether oxygens (including phenoxy) is 1. The number of benzene rings is 2.